The van der Waals surface area contributed by atoms with Gasteiger partial charge in [0.25, 0.3) is 5.89 Å². The highest BCUT2D eigenvalue weighted by molar-refractivity contribution is 5.53. The van der Waals surface area contributed by atoms with Crippen LogP contribution < -0.4 is 5.32 Å². The third-order valence-electron chi connectivity index (χ3n) is 5.06. The first-order valence-electron chi connectivity index (χ1n) is 8.86. The molecule has 0 aliphatic carbocycles. The number of aromatic nitrogens is 2. The Morgan fingerprint density at radius 1 is 1.17 bits per heavy atom. The first kappa shape index (κ1) is 15.7. The number of hydrogen-bond acceptors (Lipinski definition) is 6. The third-order valence-corrected chi connectivity index (χ3v) is 5.06. The van der Waals surface area contributed by atoms with Gasteiger partial charge in [-0.2, -0.15) is 4.98 Å². The van der Waals surface area contributed by atoms with Gasteiger partial charge in [0.1, 0.15) is 0 Å². The van der Waals surface area contributed by atoms with Crippen molar-refractivity contribution < 1.29 is 4.52 Å². The van der Waals surface area contributed by atoms with Gasteiger partial charge in [-0.25, -0.2) is 0 Å². The smallest absolute Gasteiger partial charge is 0.257 e. The van der Waals surface area contributed by atoms with Crippen LogP contribution in [-0.4, -0.2) is 59.7 Å². The van der Waals surface area contributed by atoms with Crippen molar-refractivity contribution in [1.82, 2.24) is 25.3 Å². The molecule has 1 aromatic heterocycles. The van der Waals surface area contributed by atoms with Crippen molar-refractivity contribution in [2.45, 2.75) is 25.4 Å². The van der Waals surface area contributed by atoms with Gasteiger partial charge in [-0.1, -0.05) is 17.3 Å². The summed E-state index contributed by atoms with van der Waals surface area (Å²) in [7, 11) is 2.11. The van der Waals surface area contributed by atoms with Crippen LogP contribution in [0.1, 0.15) is 30.3 Å². The first-order chi connectivity index (χ1) is 11.8. The van der Waals surface area contributed by atoms with Gasteiger partial charge in [0.15, 0.2) is 5.82 Å². The zero-order valence-electron chi connectivity index (χ0n) is 14.2. The number of rotatable bonds is 4. The van der Waals surface area contributed by atoms with E-state index < -0.39 is 0 Å². The minimum Gasteiger partial charge on any atom is -0.334 e. The standard InChI is InChI=1S/C18H25N5O/c1-22-11-8-19-12-16(22)17-20-18(24-21-17)15-6-4-14(5-7-15)13-23-9-2-3-10-23/h4-7,16,19H,2-3,8-13H2,1H3. The van der Waals surface area contributed by atoms with Crippen molar-refractivity contribution >= 4 is 0 Å². The van der Waals surface area contributed by atoms with Gasteiger partial charge >= 0.3 is 0 Å². The van der Waals surface area contributed by atoms with Crippen LogP contribution in [0.4, 0.5) is 0 Å². The molecule has 24 heavy (non-hydrogen) atoms. The van der Waals surface area contributed by atoms with Gasteiger partial charge in [0.05, 0.1) is 6.04 Å². The normalized spacial score (nSPS) is 23.0. The Balaban J connectivity index is 1.45. The third kappa shape index (κ3) is 3.36. The number of nitrogens with one attached hydrogen (secondary N) is 1. The lowest BCUT2D eigenvalue weighted by Gasteiger charge is -2.30. The lowest BCUT2D eigenvalue weighted by Crippen LogP contribution is -2.44. The molecular weight excluding hydrogens is 302 g/mol. The summed E-state index contributed by atoms with van der Waals surface area (Å²) in [6, 6.07) is 8.71. The molecule has 1 N–H and O–H groups in total. The summed E-state index contributed by atoms with van der Waals surface area (Å²) in [5.41, 5.74) is 2.34. The van der Waals surface area contributed by atoms with Crippen LogP contribution in [0, 0.1) is 0 Å². The van der Waals surface area contributed by atoms with E-state index in [1.807, 2.05) is 0 Å². The Morgan fingerprint density at radius 2 is 1.96 bits per heavy atom. The molecule has 0 radical (unpaired) electrons. The topological polar surface area (TPSA) is 57.4 Å². The van der Waals surface area contributed by atoms with Gasteiger partial charge in [-0.3, -0.25) is 9.80 Å². The monoisotopic (exact) mass is 327 g/mol. The molecule has 128 valence electrons. The van der Waals surface area contributed by atoms with Crippen molar-refractivity contribution in [3.8, 4) is 11.5 Å². The molecule has 6 heteroatoms. The molecule has 0 spiro atoms. The molecule has 0 saturated carbocycles. The van der Waals surface area contributed by atoms with E-state index in [1.54, 1.807) is 0 Å². The Bertz CT molecular complexity index is 662. The summed E-state index contributed by atoms with van der Waals surface area (Å²) >= 11 is 0. The molecule has 4 rings (SSSR count). The fourth-order valence-corrected chi connectivity index (χ4v) is 3.53. The molecule has 1 aromatic carbocycles. The predicted molar refractivity (Wildman–Crippen MR) is 92.5 cm³/mol. The number of hydrogen-bond donors (Lipinski definition) is 1. The summed E-state index contributed by atoms with van der Waals surface area (Å²) in [5, 5.41) is 7.58. The Labute approximate surface area is 142 Å². The van der Waals surface area contributed by atoms with Gasteiger partial charge in [-0.15, -0.1) is 0 Å². The molecule has 2 fully saturated rings. The Hall–Kier alpha value is -1.76. The molecule has 2 aliphatic heterocycles. The average molecular weight is 327 g/mol. The number of likely N-dealkylation sites (tertiary alicyclic amines) is 1. The van der Waals surface area contributed by atoms with Crippen molar-refractivity contribution in [2.75, 3.05) is 39.8 Å². The zero-order valence-corrected chi connectivity index (χ0v) is 14.2. The summed E-state index contributed by atoms with van der Waals surface area (Å²) in [6.07, 6.45) is 2.65. The lowest BCUT2D eigenvalue weighted by atomic mass is 10.1. The van der Waals surface area contributed by atoms with E-state index in [4.69, 9.17) is 4.52 Å². The second-order valence-corrected chi connectivity index (χ2v) is 6.84. The fraction of sp³-hybridized carbons (Fsp3) is 0.556. The van der Waals surface area contributed by atoms with E-state index in [-0.39, 0.29) is 6.04 Å². The number of benzene rings is 1. The molecule has 2 aromatic rings. The van der Waals surface area contributed by atoms with E-state index in [0.29, 0.717) is 5.89 Å². The largest absolute Gasteiger partial charge is 0.334 e. The summed E-state index contributed by atoms with van der Waals surface area (Å²) in [5.74, 6) is 1.37. The van der Waals surface area contributed by atoms with Crippen molar-refractivity contribution in [3.63, 3.8) is 0 Å². The highest BCUT2D eigenvalue weighted by Crippen LogP contribution is 2.23. The van der Waals surface area contributed by atoms with Gasteiger partial charge in [0.2, 0.25) is 0 Å². The van der Waals surface area contributed by atoms with Crippen LogP contribution in [0.25, 0.3) is 11.5 Å². The maximum Gasteiger partial charge on any atom is 0.257 e. The number of nitrogens with zero attached hydrogens (tertiary/aromatic N) is 4. The summed E-state index contributed by atoms with van der Waals surface area (Å²) in [4.78, 5) is 9.39. The molecule has 6 nitrogen and oxygen atoms in total. The second-order valence-electron chi connectivity index (χ2n) is 6.84. The molecule has 1 atom stereocenters. The second kappa shape index (κ2) is 7.01. The van der Waals surface area contributed by atoms with Gasteiger partial charge < -0.3 is 9.84 Å². The average Bonchev–Trinajstić information content (AvgIpc) is 3.28. The molecule has 0 amide bonds. The van der Waals surface area contributed by atoms with Crippen molar-refractivity contribution in [1.29, 1.82) is 0 Å². The van der Waals surface area contributed by atoms with Crippen molar-refractivity contribution in [3.05, 3.63) is 35.7 Å². The van der Waals surface area contributed by atoms with Crippen LogP contribution in [0.15, 0.2) is 28.8 Å². The molecule has 1 unspecified atom stereocenters. The Morgan fingerprint density at radius 3 is 2.71 bits per heavy atom. The van der Waals surface area contributed by atoms with E-state index in [0.717, 1.165) is 37.6 Å². The summed E-state index contributed by atoms with van der Waals surface area (Å²) < 4.78 is 5.50. The SMILES string of the molecule is CN1CCNCC1c1noc(-c2ccc(CN3CCCC3)cc2)n1. The van der Waals surface area contributed by atoms with Crippen LogP contribution in [-0.2, 0) is 6.54 Å². The number of likely N-dealkylation sites (N-methyl/N-ethyl adjacent to an activating group) is 1. The van der Waals surface area contributed by atoms with Crippen LogP contribution in [0.5, 0.6) is 0 Å². The van der Waals surface area contributed by atoms with E-state index in [9.17, 15) is 0 Å². The minimum absolute atomic E-state index is 0.186. The zero-order chi connectivity index (χ0) is 16.4. The Kier molecular flexibility index (Phi) is 4.60. The summed E-state index contributed by atoms with van der Waals surface area (Å²) in [6.45, 7) is 6.35. The molecular formula is C18H25N5O. The van der Waals surface area contributed by atoms with E-state index >= 15 is 0 Å². The minimum atomic E-state index is 0.186. The molecule has 2 aliphatic rings. The highest BCUT2D eigenvalue weighted by atomic mass is 16.5. The van der Waals surface area contributed by atoms with E-state index in [2.05, 4.69) is 56.6 Å². The lowest BCUT2D eigenvalue weighted by molar-refractivity contribution is 0.190. The van der Waals surface area contributed by atoms with Crippen LogP contribution >= 0.6 is 0 Å². The fourth-order valence-electron chi connectivity index (χ4n) is 3.53. The van der Waals surface area contributed by atoms with Crippen LogP contribution in [0.3, 0.4) is 0 Å². The van der Waals surface area contributed by atoms with Gasteiger partial charge in [0, 0.05) is 31.7 Å². The van der Waals surface area contributed by atoms with Gasteiger partial charge in [-0.05, 0) is 50.7 Å². The quantitative estimate of drug-likeness (QED) is 0.926. The van der Waals surface area contributed by atoms with Crippen molar-refractivity contribution in [2.24, 2.45) is 0 Å². The predicted octanol–water partition coefficient (Wildman–Crippen LogP) is 1.91. The maximum absolute atomic E-state index is 5.50. The number of piperazine rings is 1. The molecule has 3 heterocycles. The van der Waals surface area contributed by atoms with E-state index in [1.165, 1.54) is 31.5 Å². The van der Waals surface area contributed by atoms with Crippen LogP contribution in [0.2, 0.25) is 0 Å². The highest BCUT2D eigenvalue weighted by Gasteiger charge is 2.25. The maximum atomic E-state index is 5.50. The molecule has 2 saturated heterocycles. The first-order valence-corrected chi connectivity index (χ1v) is 8.86. The molecule has 0 bridgehead atoms.